The van der Waals surface area contributed by atoms with Crippen LogP contribution in [0.15, 0.2) is 70.0 Å². The number of para-hydroxylation sites is 1. The molecule has 1 amide bonds. The minimum absolute atomic E-state index is 0.0210. The first kappa shape index (κ1) is 21.0. The van der Waals surface area contributed by atoms with E-state index in [1.165, 1.54) is 29.6 Å². The summed E-state index contributed by atoms with van der Waals surface area (Å²) in [5.74, 6) is 0.299. The molecule has 1 aromatic heterocycles. The van der Waals surface area contributed by atoms with E-state index >= 15 is 0 Å². The third kappa shape index (κ3) is 3.70. The maximum Gasteiger partial charge on any atom is 0.264 e. The normalized spacial score (nSPS) is 13.2. The fourth-order valence-corrected chi connectivity index (χ4v) is 5.56. The summed E-state index contributed by atoms with van der Waals surface area (Å²) in [6.45, 7) is 2.10. The number of carbonyl (C=O) groups is 1. The number of methoxy groups -OCH3 is 1. The van der Waals surface area contributed by atoms with Crippen LogP contribution in [0, 0.1) is 6.92 Å². The van der Waals surface area contributed by atoms with Gasteiger partial charge < -0.3 is 14.5 Å². The molecule has 4 aromatic rings. The Hall–Kier alpha value is -3.85. The number of aromatic nitrogens is 1. The van der Waals surface area contributed by atoms with Crippen molar-refractivity contribution >= 4 is 38.4 Å². The van der Waals surface area contributed by atoms with Crippen molar-refractivity contribution in [2.45, 2.75) is 18.2 Å². The number of rotatable bonds is 5. The molecule has 0 radical (unpaired) electrons. The number of carbonyl (C=O) groups excluding carboxylic acids is 1. The number of nitrogens with one attached hydrogen (secondary N) is 1. The number of fused-ring (bicyclic) bond motifs is 2. The second kappa shape index (κ2) is 7.93. The van der Waals surface area contributed by atoms with Gasteiger partial charge >= 0.3 is 0 Å². The van der Waals surface area contributed by atoms with E-state index in [4.69, 9.17) is 9.15 Å². The van der Waals surface area contributed by atoms with Gasteiger partial charge in [0, 0.05) is 19.2 Å². The minimum Gasteiger partial charge on any atom is -0.496 e. The van der Waals surface area contributed by atoms with Gasteiger partial charge in [-0.2, -0.15) is 0 Å². The molecule has 9 heteroatoms. The largest absolute Gasteiger partial charge is 0.496 e. The molecule has 1 N–H and O–H groups in total. The van der Waals surface area contributed by atoms with Crippen LogP contribution in [-0.4, -0.2) is 33.0 Å². The number of hydrogen-bond donors (Lipinski definition) is 1. The van der Waals surface area contributed by atoms with Gasteiger partial charge in [-0.1, -0.05) is 18.2 Å². The van der Waals surface area contributed by atoms with Crippen LogP contribution in [0.25, 0.3) is 11.1 Å². The highest BCUT2D eigenvalue weighted by atomic mass is 32.2. The fourth-order valence-electron chi connectivity index (χ4n) is 4.03. The van der Waals surface area contributed by atoms with E-state index in [-0.39, 0.29) is 16.2 Å². The first-order valence-electron chi connectivity index (χ1n) is 10.3. The lowest BCUT2D eigenvalue weighted by Gasteiger charge is -2.20. The zero-order valence-corrected chi connectivity index (χ0v) is 18.8. The van der Waals surface area contributed by atoms with Crippen molar-refractivity contribution in [2.75, 3.05) is 23.3 Å². The summed E-state index contributed by atoms with van der Waals surface area (Å²) in [6.07, 6.45) is 0.642. The van der Waals surface area contributed by atoms with Gasteiger partial charge in [-0.15, -0.1) is 0 Å². The number of anilines is 2. The van der Waals surface area contributed by atoms with Gasteiger partial charge in [-0.05, 0) is 54.4 Å². The second-order valence-corrected chi connectivity index (χ2v) is 9.55. The Labute approximate surface area is 190 Å². The van der Waals surface area contributed by atoms with Crippen molar-refractivity contribution < 1.29 is 22.4 Å². The molecule has 0 saturated heterocycles. The summed E-state index contributed by atoms with van der Waals surface area (Å²) in [6, 6.07) is 16.8. The Balaban J connectivity index is 1.48. The lowest BCUT2D eigenvalue weighted by atomic mass is 10.1. The topological polar surface area (TPSA) is 102 Å². The van der Waals surface area contributed by atoms with Crippen molar-refractivity contribution in [3.63, 3.8) is 0 Å². The van der Waals surface area contributed by atoms with E-state index < -0.39 is 15.9 Å². The molecule has 8 nitrogen and oxygen atoms in total. The molecule has 1 aliphatic rings. The highest BCUT2D eigenvalue weighted by molar-refractivity contribution is 7.92. The van der Waals surface area contributed by atoms with E-state index in [2.05, 4.69) is 10.3 Å². The summed E-state index contributed by atoms with van der Waals surface area (Å²) >= 11 is 0. The number of amides is 1. The number of hydrogen-bond acceptors (Lipinski definition) is 6. The van der Waals surface area contributed by atoms with Crippen LogP contribution in [0.4, 0.5) is 11.4 Å². The van der Waals surface area contributed by atoms with E-state index in [0.717, 1.165) is 5.56 Å². The molecular weight excluding hydrogens is 442 g/mol. The third-order valence-corrected chi connectivity index (χ3v) is 7.41. The van der Waals surface area contributed by atoms with Gasteiger partial charge in [0.1, 0.15) is 11.3 Å². The molecule has 0 fully saturated rings. The molecule has 0 bridgehead atoms. The van der Waals surface area contributed by atoms with Gasteiger partial charge in [-0.3, -0.25) is 9.10 Å². The molecule has 0 aliphatic carbocycles. The lowest BCUT2D eigenvalue weighted by Crippen LogP contribution is -2.29. The molecular formula is C24H21N3O5S. The number of sulfonamides is 1. The van der Waals surface area contributed by atoms with Gasteiger partial charge in [0.2, 0.25) is 0 Å². The lowest BCUT2D eigenvalue weighted by molar-refractivity contribution is 0.102. The highest BCUT2D eigenvalue weighted by Gasteiger charge is 2.31. The van der Waals surface area contributed by atoms with Crippen molar-refractivity contribution in [3.05, 3.63) is 77.7 Å². The Morgan fingerprint density at radius 2 is 1.94 bits per heavy atom. The molecule has 5 rings (SSSR count). The van der Waals surface area contributed by atoms with Crippen molar-refractivity contribution in [2.24, 2.45) is 0 Å². The predicted molar refractivity (Wildman–Crippen MR) is 124 cm³/mol. The SMILES string of the molecule is COc1ccc(S(=O)(=O)N2CCc3ccccc32)cc1C(=O)Nc1ccc2oc(C)nc2c1. The summed E-state index contributed by atoms with van der Waals surface area (Å²) in [4.78, 5) is 17.4. The molecule has 0 saturated carbocycles. The fraction of sp³-hybridized carbons (Fsp3) is 0.167. The summed E-state index contributed by atoms with van der Waals surface area (Å²) in [7, 11) is -2.42. The Morgan fingerprint density at radius 3 is 2.76 bits per heavy atom. The van der Waals surface area contributed by atoms with Crippen molar-refractivity contribution in [1.29, 1.82) is 0 Å². The average Bonchev–Trinajstić information content (AvgIpc) is 3.41. The van der Waals surface area contributed by atoms with Gasteiger partial charge in [0.15, 0.2) is 11.5 Å². The Bertz CT molecular complexity index is 1490. The molecule has 2 heterocycles. The van der Waals surface area contributed by atoms with Crippen LogP contribution in [0.1, 0.15) is 21.8 Å². The Morgan fingerprint density at radius 1 is 1.12 bits per heavy atom. The number of ether oxygens (including phenoxy) is 1. The standard InChI is InChI=1S/C24H21N3O5S/c1-15-25-20-13-17(7-9-23(20)32-15)26-24(28)19-14-18(8-10-22(19)31-2)33(29,30)27-12-11-16-5-3-4-6-21(16)27/h3-10,13-14H,11-12H2,1-2H3,(H,26,28). The second-order valence-electron chi connectivity index (χ2n) is 7.69. The van der Waals surface area contributed by atoms with E-state index in [1.54, 1.807) is 31.2 Å². The number of aryl methyl sites for hydroxylation is 1. The molecule has 0 spiro atoms. The third-order valence-electron chi connectivity index (χ3n) is 5.60. The summed E-state index contributed by atoms with van der Waals surface area (Å²) in [5, 5.41) is 2.79. The number of nitrogens with zero attached hydrogens (tertiary/aromatic N) is 2. The van der Waals surface area contributed by atoms with Gasteiger partial charge in [0.05, 0.1) is 23.3 Å². The quantitative estimate of drug-likeness (QED) is 0.477. The minimum atomic E-state index is -3.86. The van der Waals surface area contributed by atoms with E-state index in [0.29, 0.717) is 41.3 Å². The Kier molecular flexibility index (Phi) is 5.05. The number of benzene rings is 3. The molecule has 0 unspecified atom stereocenters. The van der Waals surface area contributed by atoms with Crippen LogP contribution in [0.5, 0.6) is 5.75 Å². The predicted octanol–water partition coefficient (Wildman–Crippen LogP) is 4.15. The van der Waals surface area contributed by atoms with Gasteiger partial charge in [-0.25, -0.2) is 13.4 Å². The van der Waals surface area contributed by atoms with Crippen LogP contribution in [-0.2, 0) is 16.4 Å². The van der Waals surface area contributed by atoms with Crippen LogP contribution in [0.2, 0.25) is 0 Å². The summed E-state index contributed by atoms with van der Waals surface area (Å²) in [5.41, 5.74) is 3.48. The first-order chi connectivity index (χ1) is 15.9. The monoisotopic (exact) mass is 463 g/mol. The van der Waals surface area contributed by atoms with Crippen molar-refractivity contribution in [3.8, 4) is 5.75 Å². The zero-order valence-electron chi connectivity index (χ0n) is 18.0. The molecule has 0 atom stereocenters. The molecule has 33 heavy (non-hydrogen) atoms. The first-order valence-corrected chi connectivity index (χ1v) is 11.8. The maximum absolute atomic E-state index is 13.4. The molecule has 3 aromatic carbocycles. The highest BCUT2D eigenvalue weighted by Crippen LogP contribution is 2.34. The molecule has 1 aliphatic heterocycles. The van der Waals surface area contributed by atoms with Crippen LogP contribution >= 0.6 is 0 Å². The van der Waals surface area contributed by atoms with Crippen LogP contribution < -0.4 is 14.4 Å². The average molecular weight is 464 g/mol. The number of oxazole rings is 1. The van der Waals surface area contributed by atoms with E-state index in [9.17, 15) is 13.2 Å². The molecule has 168 valence electrons. The van der Waals surface area contributed by atoms with Crippen molar-refractivity contribution in [1.82, 2.24) is 4.98 Å². The smallest absolute Gasteiger partial charge is 0.264 e. The van der Waals surface area contributed by atoms with Gasteiger partial charge in [0.25, 0.3) is 15.9 Å². The zero-order chi connectivity index (χ0) is 23.2. The van der Waals surface area contributed by atoms with E-state index in [1.807, 2.05) is 18.2 Å². The summed E-state index contributed by atoms with van der Waals surface area (Å²) < 4.78 is 39.0. The van der Waals surface area contributed by atoms with Crippen LogP contribution in [0.3, 0.4) is 0 Å². The maximum atomic E-state index is 13.4.